The fourth-order valence-corrected chi connectivity index (χ4v) is 3.88. The number of nitrogens with zero attached hydrogens (tertiary/aromatic N) is 1. The Balaban J connectivity index is 2.09. The van der Waals surface area contributed by atoms with Gasteiger partial charge in [0, 0.05) is 18.7 Å². The number of carbonyl (C=O) groups excluding carboxylic acids is 1. The number of para-hydroxylation sites is 1. The molecule has 0 aromatic heterocycles. The van der Waals surface area contributed by atoms with Gasteiger partial charge in [-0.3, -0.25) is 4.79 Å². The Morgan fingerprint density at radius 1 is 1.19 bits per heavy atom. The zero-order valence-corrected chi connectivity index (χ0v) is 16.3. The number of ether oxygens (including phenoxy) is 1. The zero-order valence-electron chi connectivity index (χ0n) is 15.5. The minimum atomic E-state index is -3.79. The van der Waals surface area contributed by atoms with E-state index in [-0.39, 0.29) is 24.5 Å². The molecule has 27 heavy (non-hydrogen) atoms. The third-order valence-corrected chi connectivity index (χ3v) is 5.81. The lowest BCUT2D eigenvalue weighted by atomic mass is 10.2. The summed E-state index contributed by atoms with van der Waals surface area (Å²) in [4.78, 5) is 12.5. The van der Waals surface area contributed by atoms with Crippen molar-refractivity contribution < 1.29 is 17.9 Å². The van der Waals surface area contributed by atoms with Gasteiger partial charge in [0.05, 0.1) is 18.6 Å². The quantitative estimate of drug-likeness (QED) is 0.670. The van der Waals surface area contributed by atoms with Crippen LogP contribution >= 0.6 is 0 Å². The Morgan fingerprint density at radius 3 is 2.48 bits per heavy atom. The summed E-state index contributed by atoms with van der Waals surface area (Å²) in [5.41, 5.74) is 1.77. The van der Waals surface area contributed by atoms with Gasteiger partial charge in [0.2, 0.25) is 15.9 Å². The van der Waals surface area contributed by atoms with Crippen LogP contribution in [0.4, 0.5) is 0 Å². The van der Waals surface area contributed by atoms with Crippen LogP contribution in [0.5, 0.6) is 5.75 Å². The van der Waals surface area contributed by atoms with Gasteiger partial charge in [-0.15, -0.1) is 6.58 Å². The van der Waals surface area contributed by atoms with Crippen molar-refractivity contribution in [2.45, 2.75) is 18.4 Å². The summed E-state index contributed by atoms with van der Waals surface area (Å²) < 4.78 is 32.0. The lowest BCUT2D eigenvalue weighted by Gasteiger charge is -2.20. The van der Waals surface area contributed by atoms with Crippen LogP contribution in [0.1, 0.15) is 11.1 Å². The average Bonchev–Trinajstić information content (AvgIpc) is 2.66. The summed E-state index contributed by atoms with van der Waals surface area (Å²) in [7, 11) is -2.24. The standard InChI is InChI=1S/C20H24N2O4S/c1-4-13-22(27(24,25)18-11-9-16(2)10-12-18)15-20(23)21-14-17-7-5-6-8-19(17)26-3/h4-12H,1,13-15H2,2-3H3,(H,21,23). The number of methoxy groups -OCH3 is 1. The van der Waals surface area contributed by atoms with Gasteiger partial charge in [-0.05, 0) is 25.1 Å². The molecule has 0 aliphatic carbocycles. The highest BCUT2D eigenvalue weighted by Gasteiger charge is 2.25. The number of amides is 1. The van der Waals surface area contributed by atoms with Crippen molar-refractivity contribution in [3.8, 4) is 5.75 Å². The van der Waals surface area contributed by atoms with Crippen LogP contribution in [0, 0.1) is 6.92 Å². The number of rotatable bonds is 9. The van der Waals surface area contributed by atoms with Crippen LogP contribution in [0.15, 0.2) is 66.1 Å². The van der Waals surface area contributed by atoms with Gasteiger partial charge in [0.15, 0.2) is 0 Å². The molecule has 6 nitrogen and oxygen atoms in total. The van der Waals surface area contributed by atoms with Gasteiger partial charge in [0.1, 0.15) is 5.75 Å². The zero-order chi connectivity index (χ0) is 19.9. The van der Waals surface area contributed by atoms with E-state index in [4.69, 9.17) is 4.74 Å². The van der Waals surface area contributed by atoms with Gasteiger partial charge in [0.25, 0.3) is 0 Å². The van der Waals surface area contributed by atoms with Crippen molar-refractivity contribution in [1.82, 2.24) is 9.62 Å². The molecule has 0 heterocycles. The van der Waals surface area contributed by atoms with E-state index in [1.807, 2.05) is 25.1 Å². The Bertz CT molecular complexity index is 892. The van der Waals surface area contributed by atoms with Crippen molar-refractivity contribution in [1.29, 1.82) is 0 Å². The van der Waals surface area contributed by atoms with Crippen LogP contribution in [-0.2, 0) is 21.4 Å². The topological polar surface area (TPSA) is 75.7 Å². The second-order valence-corrected chi connectivity index (χ2v) is 7.93. The third-order valence-electron chi connectivity index (χ3n) is 3.98. The largest absolute Gasteiger partial charge is 0.496 e. The molecule has 0 saturated heterocycles. The van der Waals surface area contributed by atoms with Gasteiger partial charge < -0.3 is 10.1 Å². The van der Waals surface area contributed by atoms with Crippen molar-refractivity contribution in [2.24, 2.45) is 0 Å². The Morgan fingerprint density at radius 2 is 1.85 bits per heavy atom. The van der Waals surface area contributed by atoms with E-state index in [1.165, 1.54) is 18.2 Å². The minimum Gasteiger partial charge on any atom is -0.496 e. The molecule has 0 fully saturated rings. The van der Waals surface area contributed by atoms with E-state index in [2.05, 4.69) is 11.9 Å². The predicted molar refractivity (Wildman–Crippen MR) is 105 cm³/mol. The molecule has 0 bridgehead atoms. The van der Waals surface area contributed by atoms with Gasteiger partial charge in [-0.25, -0.2) is 8.42 Å². The number of benzene rings is 2. The maximum Gasteiger partial charge on any atom is 0.243 e. The monoisotopic (exact) mass is 388 g/mol. The van der Waals surface area contributed by atoms with E-state index in [1.54, 1.807) is 25.3 Å². The lowest BCUT2D eigenvalue weighted by molar-refractivity contribution is -0.121. The molecule has 144 valence electrons. The molecule has 2 aromatic carbocycles. The fourth-order valence-electron chi connectivity index (χ4n) is 2.51. The van der Waals surface area contributed by atoms with Gasteiger partial charge >= 0.3 is 0 Å². The molecule has 0 aliphatic heterocycles. The lowest BCUT2D eigenvalue weighted by Crippen LogP contribution is -2.40. The van der Waals surface area contributed by atoms with Crippen molar-refractivity contribution >= 4 is 15.9 Å². The molecule has 0 spiro atoms. The summed E-state index contributed by atoms with van der Waals surface area (Å²) in [5.74, 6) is 0.256. The Hall–Kier alpha value is -2.64. The molecule has 0 unspecified atom stereocenters. The second kappa shape index (κ2) is 9.34. The number of carbonyl (C=O) groups is 1. The average molecular weight is 388 g/mol. The molecule has 0 atom stereocenters. The minimum absolute atomic E-state index is 0.0400. The first-order valence-electron chi connectivity index (χ1n) is 8.44. The molecule has 1 N–H and O–H groups in total. The van der Waals surface area contributed by atoms with Gasteiger partial charge in [-0.1, -0.05) is 42.0 Å². The number of hydrogen-bond acceptors (Lipinski definition) is 4. The van der Waals surface area contributed by atoms with Gasteiger partial charge in [-0.2, -0.15) is 4.31 Å². The molecule has 7 heteroatoms. The maximum absolute atomic E-state index is 12.8. The molecule has 1 amide bonds. The van der Waals surface area contributed by atoms with Crippen molar-refractivity contribution in [3.63, 3.8) is 0 Å². The number of sulfonamides is 1. The van der Waals surface area contributed by atoms with E-state index >= 15 is 0 Å². The SMILES string of the molecule is C=CCN(CC(=O)NCc1ccccc1OC)S(=O)(=O)c1ccc(C)cc1. The van der Waals surface area contributed by atoms with Crippen molar-refractivity contribution in [3.05, 3.63) is 72.3 Å². The van der Waals surface area contributed by atoms with E-state index < -0.39 is 15.9 Å². The first kappa shape index (κ1) is 20.7. The highest BCUT2D eigenvalue weighted by molar-refractivity contribution is 7.89. The smallest absolute Gasteiger partial charge is 0.243 e. The highest BCUT2D eigenvalue weighted by Crippen LogP contribution is 2.18. The summed E-state index contributed by atoms with van der Waals surface area (Å²) in [6, 6.07) is 13.8. The molecule has 2 aromatic rings. The Kier molecular flexibility index (Phi) is 7.15. The van der Waals surface area contributed by atoms with Crippen LogP contribution < -0.4 is 10.1 Å². The summed E-state index contributed by atoms with van der Waals surface area (Å²) in [6.45, 7) is 5.46. The maximum atomic E-state index is 12.8. The molecular formula is C20H24N2O4S. The molecule has 0 radical (unpaired) electrons. The third kappa shape index (κ3) is 5.42. The van der Waals surface area contributed by atoms with E-state index in [0.717, 1.165) is 15.4 Å². The molecule has 0 saturated carbocycles. The van der Waals surface area contributed by atoms with Crippen molar-refractivity contribution in [2.75, 3.05) is 20.2 Å². The number of hydrogen-bond donors (Lipinski definition) is 1. The van der Waals surface area contributed by atoms with E-state index in [0.29, 0.717) is 5.75 Å². The second-order valence-electron chi connectivity index (χ2n) is 5.99. The molecular weight excluding hydrogens is 364 g/mol. The predicted octanol–water partition coefficient (Wildman–Crippen LogP) is 2.50. The normalized spacial score (nSPS) is 11.2. The fraction of sp³-hybridized carbons (Fsp3) is 0.250. The summed E-state index contributed by atoms with van der Waals surface area (Å²) in [5, 5.41) is 2.74. The first-order chi connectivity index (χ1) is 12.9. The van der Waals surface area contributed by atoms with Crippen LogP contribution in [-0.4, -0.2) is 38.8 Å². The summed E-state index contributed by atoms with van der Waals surface area (Å²) in [6.07, 6.45) is 1.46. The Labute approximate surface area is 160 Å². The van der Waals surface area contributed by atoms with Crippen LogP contribution in [0.2, 0.25) is 0 Å². The first-order valence-corrected chi connectivity index (χ1v) is 9.88. The summed E-state index contributed by atoms with van der Waals surface area (Å²) >= 11 is 0. The highest BCUT2D eigenvalue weighted by atomic mass is 32.2. The van der Waals surface area contributed by atoms with E-state index in [9.17, 15) is 13.2 Å². The molecule has 0 aliphatic rings. The van der Waals surface area contributed by atoms with Crippen LogP contribution in [0.25, 0.3) is 0 Å². The van der Waals surface area contributed by atoms with Crippen LogP contribution in [0.3, 0.4) is 0 Å². The number of nitrogens with one attached hydrogen (secondary N) is 1. The number of aryl methyl sites for hydroxylation is 1. The molecule has 2 rings (SSSR count).